The van der Waals surface area contributed by atoms with Crippen LogP contribution < -0.4 is 25.1 Å². The van der Waals surface area contributed by atoms with E-state index in [-0.39, 0.29) is 12.5 Å². The summed E-state index contributed by atoms with van der Waals surface area (Å²) in [6, 6.07) is 3.47. The Morgan fingerprint density at radius 3 is 2.15 bits per heavy atom. The van der Waals surface area contributed by atoms with Crippen molar-refractivity contribution in [3.63, 3.8) is 0 Å². The van der Waals surface area contributed by atoms with Gasteiger partial charge in [-0.05, 0) is 6.42 Å². The van der Waals surface area contributed by atoms with Gasteiger partial charge in [0.1, 0.15) is 17.2 Å². The average Bonchev–Trinajstić information content (AvgIpc) is 2.45. The maximum atomic E-state index is 10.5. The predicted octanol–water partition coefficient (Wildman–Crippen LogP) is -0.604. The molecule has 1 aromatic carbocycles. The average molecular weight is 283 g/mol. The van der Waals surface area contributed by atoms with E-state index < -0.39 is 5.97 Å². The van der Waals surface area contributed by atoms with Gasteiger partial charge in [-0.3, -0.25) is 0 Å². The molecular formula is C14H21NO5. The smallest absolute Gasteiger partial charge is 0.129 e. The van der Waals surface area contributed by atoms with Gasteiger partial charge in [-0.15, -0.1) is 0 Å². The van der Waals surface area contributed by atoms with E-state index in [4.69, 9.17) is 14.2 Å². The summed E-state index contributed by atoms with van der Waals surface area (Å²) in [6.45, 7) is 0. The lowest BCUT2D eigenvalue weighted by Crippen LogP contribution is -2.62. The van der Waals surface area contributed by atoms with Crippen molar-refractivity contribution in [2.75, 3.05) is 21.3 Å². The maximum absolute atomic E-state index is 10.5. The first-order valence-corrected chi connectivity index (χ1v) is 6.33. The molecular weight excluding hydrogens is 262 g/mol. The van der Waals surface area contributed by atoms with Crippen molar-refractivity contribution in [2.45, 2.75) is 25.3 Å². The summed E-state index contributed by atoms with van der Waals surface area (Å²) >= 11 is 0. The zero-order chi connectivity index (χ0) is 15.1. The van der Waals surface area contributed by atoms with E-state index in [1.165, 1.54) is 0 Å². The summed E-state index contributed by atoms with van der Waals surface area (Å²) in [5.74, 6) is 0.858. The van der Waals surface area contributed by atoms with Crippen LogP contribution in [0, 0.1) is 0 Å². The Morgan fingerprint density at radius 1 is 1.20 bits per heavy atom. The van der Waals surface area contributed by atoms with Gasteiger partial charge in [0.15, 0.2) is 0 Å². The Labute approximate surface area is 118 Å². The van der Waals surface area contributed by atoms with Gasteiger partial charge < -0.3 is 29.8 Å². The highest BCUT2D eigenvalue weighted by Crippen LogP contribution is 2.34. The van der Waals surface area contributed by atoms with Crippen LogP contribution in [0.3, 0.4) is 0 Å². The Bertz CT molecular complexity index is 436. The van der Waals surface area contributed by atoms with Crippen LogP contribution in [-0.2, 0) is 11.2 Å². The number of rotatable bonds is 8. The number of benzene rings is 1. The van der Waals surface area contributed by atoms with E-state index in [1.54, 1.807) is 33.5 Å². The number of carboxylic acids is 1. The van der Waals surface area contributed by atoms with Gasteiger partial charge in [-0.25, -0.2) is 0 Å². The van der Waals surface area contributed by atoms with Crippen LogP contribution in [0.1, 0.15) is 18.4 Å². The van der Waals surface area contributed by atoms with Crippen molar-refractivity contribution >= 4 is 5.97 Å². The molecule has 1 rings (SSSR count). The first-order valence-electron chi connectivity index (χ1n) is 6.33. The molecule has 0 unspecified atom stereocenters. The van der Waals surface area contributed by atoms with Gasteiger partial charge in [-0.2, -0.15) is 0 Å². The van der Waals surface area contributed by atoms with Crippen molar-refractivity contribution in [3.8, 4) is 17.2 Å². The summed E-state index contributed by atoms with van der Waals surface area (Å²) in [5, 5.41) is 10.5. The maximum Gasteiger partial charge on any atom is 0.129 e. The molecule has 0 bridgehead atoms. The second-order valence-corrected chi connectivity index (χ2v) is 4.49. The van der Waals surface area contributed by atoms with Crippen molar-refractivity contribution in [1.82, 2.24) is 0 Å². The molecule has 112 valence electrons. The highest BCUT2D eigenvalue weighted by molar-refractivity contribution is 5.64. The predicted molar refractivity (Wildman–Crippen MR) is 70.7 cm³/mol. The van der Waals surface area contributed by atoms with Gasteiger partial charge in [0.25, 0.3) is 0 Å². The minimum atomic E-state index is -1.06. The van der Waals surface area contributed by atoms with Gasteiger partial charge in [0.2, 0.25) is 0 Å². The lowest BCUT2D eigenvalue weighted by Gasteiger charge is -2.17. The number of ether oxygens (including phenoxy) is 3. The van der Waals surface area contributed by atoms with E-state index in [0.717, 1.165) is 5.56 Å². The van der Waals surface area contributed by atoms with Crippen molar-refractivity contribution in [3.05, 3.63) is 17.7 Å². The van der Waals surface area contributed by atoms with Crippen LogP contribution in [0.4, 0.5) is 0 Å². The third kappa shape index (κ3) is 4.31. The number of carbonyl (C=O) groups is 1. The number of hydrogen-bond acceptors (Lipinski definition) is 5. The standard InChI is InChI=1S/C14H21NO5/c1-18-10-7-12(19-2)11(13(8-10)20-3)6-9(15)4-5-14(16)17/h7-9H,4-6,15H2,1-3H3,(H,16,17)/t9-/m1/s1. The first-order chi connectivity index (χ1) is 9.51. The van der Waals surface area contributed by atoms with Gasteiger partial charge in [0, 0.05) is 36.5 Å². The molecule has 1 aromatic rings. The second kappa shape index (κ2) is 7.59. The normalized spacial score (nSPS) is 11.8. The first kappa shape index (κ1) is 16.1. The van der Waals surface area contributed by atoms with Crippen LogP contribution in [0.5, 0.6) is 17.2 Å². The van der Waals surface area contributed by atoms with Crippen LogP contribution in [0.2, 0.25) is 0 Å². The molecule has 0 aliphatic heterocycles. The summed E-state index contributed by atoms with van der Waals surface area (Å²) in [4.78, 5) is 10.5. The number of quaternary nitrogens is 1. The Balaban J connectivity index is 2.94. The highest BCUT2D eigenvalue weighted by Gasteiger charge is 2.18. The molecule has 0 aromatic heterocycles. The molecule has 6 nitrogen and oxygen atoms in total. The summed E-state index contributed by atoms with van der Waals surface area (Å²) in [6.07, 6.45) is 0.999. The molecule has 0 radical (unpaired) electrons. The molecule has 3 N–H and O–H groups in total. The van der Waals surface area contributed by atoms with E-state index in [0.29, 0.717) is 30.1 Å². The molecule has 20 heavy (non-hydrogen) atoms. The highest BCUT2D eigenvalue weighted by atomic mass is 16.5. The van der Waals surface area contributed by atoms with Gasteiger partial charge >= 0.3 is 0 Å². The molecule has 0 saturated heterocycles. The second-order valence-electron chi connectivity index (χ2n) is 4.49. The SMILES string of the molecule is COc1cc(OC)c(C[C@H]([NH3+])CCC(=O)[O-])c(OC)c1. The monoisotopic (exact) mass is 283 g/mol. The third-order valence-corrected chi connectivity index (χ3v) is 3.07. The van der Waals surface area contributed by atoms with Crippen molar-refractivity contribution < 1.29 is 29.8 Å². The molecule has 0 aliphatic rings. The summed E-state index contributed by atoms with van der Waals surface area (Å²) < 4.78 is 15.9. The molecule has 0 heterocycles. The molecule has 0 aliphatic carbocycles. The van der Waals surface area contributed by atoms with Crippen LogP contribution in [0.25, 0.3) is 0 Å². The van der Waals surface area contributed by atoms with Gasteiger partial charge in [0.05, 0.1) is 27.4 Å². The minimum absolute atomic E-state index is 0.00501. The van der Waals surface area contributed by atoms with E-state index in [9.17, 15) is 9.90 Å². The Hall–Kier alpha value is -1.95. The van der Waals surface area contributed by atoms with Crippen LogP contribution >= 0.6 is 0 Å². The quantitative estimate of drug-likeness (QED) is 0.687. The van der Waals surface area contributed by atoms with E-state index >= 15 is 0 Å². The number of carboxylic acid groups (broad SMARTS) is 1. The Morgan fingerprint density at radius 2 is 1.75 bits per heavy atom. The lowest BCUT2D eigenvalue weighted by molar-refractivity contribution is -0.421. The van der Waals surface area contributed by atoms with Gasteiger partial charge in [-0.1, -0.05) is 0 Å². The van der Waals surface area contributed by atoms with Crippen LogP contribution in [0.15, 0.2) is 12.1 Å². The molecule has 0 spiro atoms. The number of aliphatic carboxylic acids is 1. The zero-order valence-corrected chi connectivity index (χ0v) is 12.1. The number of methoxy groups -OCH3 is 3. The van der Waals surface area contributed by atoms with Crippen LogP contribution in [-0.4, -0.2) is 33.3 Å². The van der Waals surface area contributed by atoms with Crippen molar-refractivity contribution in [2.24, 2.45) is 0 Å². The fourth-order valence-corrected chi connectivity index (χ4v) is 1.99. The molecule has 0 amide bonds. The molecule has 6 heteroatoms. The van der Waals surface area contributed by atoms with E-state index in [2.05, 4.69) is 5.73 Å². The largest absolute Gasteiger partial charge is 0.550 e. The lowest BCUT2D eigenvalue weighted by atomic mass is 10.0. The number of hydrogen-bond donors (Lipinski definition) is 1. The molecule has 1 atom stereocenters. The fraction of sp³-hybridized carbons (Fsp3) is 0.500. The Kier molecular flexibility index (Phi) is 6.11. The minimum Gasteiger partial charge on any atom is -0.550 e. The summed E-state index contributed by atoms with van der Waals surface area (Å²) in [5.41, 5.74) is 4.82. The third-order valence-electron chi connectivity index (χ3n) is 3.07. The van der Waals surface area contributed by atoms with Crippen molar-refractivity contribution in [1.29, 1.82) is 0 Å². The topological polar surface area (TPSA) is 95.5 Å². The fourth-order valence-electron chi connectivity index (χ4n) is 1.99. The molecule has 0 fully saturated rings. The van der Waals surface area contributed by atoms with E-state index in [1.807, 2.05) is 0 Å². The zero-order valence-electron chi connectivity index (χ0n) is 12.1. The molecule has 0 saturated carbocycles. The number of carbonyl (C=O) groups excluding carboxylic acids is 1. The summed E-state index contributed by atoms with van der Waals surface area (Å²) in [7, 11) is 4.70.